The quantitative estimate of drug-likeness (QED) is 0.473. The largest absolute Gasteiger partial charge is 0.493 e. The minimum Gasteiger partial charge on any atom is -0.493 e. The van der Waals surface area contributed by atoms with Gasteiger partial charge in [-0.2, -0.15) is 5.10 Å². The number of tetrazole rings is 1. The zero-order valence-corrected chi connectivity index (χ0v) is 17.4. The Balaban J connectivity index is 1.63. The second-order valence-corrected chi connectivity index (χ2v) is 6.38. The van der Waals surface area contributed by atoms with E-state index in [2.05, 4.69) is 25.9 Å². The monoisotopic (exact) mass is 419 g/mol. The third-order valence-electron chi connectivity index (χ3n) is 4.51. The number of methoxy groups -OCH3 is 3. The van der Waals surface area contributed by atoms with Gasteiger partial charge in [0.25, 0.3) is 11.9 Å². The van der Waals surface area contributed by atoms with Crippen LogP contribution < -0.4 is 24.5 Å². The molecule has 12 heteroatoms. The molecular weight excluding hydrogens is 394 g/mol. The van der Waals surface area contributed by atoms with Crippen LogP contribution in [0.3, 0.4) is 0 Å². The molecule has 0 spiro atoms. The van der Waals surface area contributed by atoms with Crippen molar-refractivity contribution >= 4 is 18.1 Å². The van der Waals surface area contributed by atoms with Crippen LogP contribution in [-0.4, -0.2) is 80.0 Å². The molecule has 1 amide bonds. The zero-order valence-electron chi connectivity index (χ0n) is 17.4. The van der Waals surface area contributed by atoms with Gasteiger partial charge in [0.2, 0.25) is 5.75 Å². The highest BCUT2D eigenvalue weighted by Crippen LogP contribution is 2.37. The first-order chi connectivity index (χ1) is 14.6. The second kappa shape index (κ2) is 9.87. The van der Waals surface area contributed by atoms with Crippen LogP contribution in [0.25, 0.3) is 0 Å². The van der Waals surface area contributed by atoms with E-state index < -0.39 is 6.04 Å². The highest BCUT2D eigenvalue weighted by Gasteiger charge is 2.21. The highest BCUT2D eigenvalue weighted by atomic mass is 16.5. The van der Waals surface area contributed by atoms with Gasteiger partial charge in [-0.3, -0.25) is 4.79 Å². The average Bonchev–Trinajstić information content (AvgIpc) is 3.28. The Morgan fingerprint density at radius 3 is 2.47 bits per heavy atom. The number of carbonyl (C=O) groups excluding carboxylic acids is 1. The third kappa shape index (κ3) is 4.76. The molecule has 162 valence electrons. The van der Waals surface area contributed by atoms with E-state index in [9.17, 15) is 4.79 Å². The number of rotatable bonds is 8. The summed E-state index contributed by atoms with van der Waals surface area (Å²) in [5.41, 5.74) is 3.14. The van der Waals surface area contributed by atoms with Crippen molar-refractivity contribution in [1.82, 2.24) is 25.6 Å². The molecule has 2 aromatic rings. The van der Waals surface area contributed by atoms with Gasteiger partial charge in [-0.1, -0.05) is 5.10 Å². The lowest BCUT2D eigenvalue weighted by molar-refractivity contribution is -0.124. The highest BCUT2D eigenvalue weighted by molar-refractivity contribution is 5.85. The van der Waals surface area contributed by atoms with Gasteiger partial charge in [0, 0.05) is 18.7 Å². The van der Waals surface area contributed by atoms with E-state index in [0.29, 0.717) is 55.1 Å². The summed E-state index contributed by atoms with van der Waals surface area (Å²) in [6.07, 6.45) is 1.48. The lowest BCUT2D eigenvalue weighted by Gasteiger charge is -2.24. The second-order valence-electron chi connectivity index (χ2n) is 6.38. The SMILES string of the molecule is COc1cc(/C=N/NC(=O)C(C)n2nnc(N3CCOCC3)n2)cc(OC)c1OC. The molecule has 2 heterocycles. The number of aromatic nitrogens is 4. The predicted molar refractivity (Wildman–Crippen MR) is 107 cm³/mol. The molecule has 30 heavy (non-hydrogen) atoms. The Morgan fingerprint density at radius 2 is 1.87 bits per heavy atom. The fourth-order valence-electron chi connectivity index (χ4n) is 2.82. The Kier molecular flexibility index (Phi) is 7.01. The molecule has 0 bridgehead atoms. The van der Waals surface area contributed by atoms with Crippen LogP contribution in [0, 0.1) is 0 Å². The molecule has 1 saturated heterocycles. The van der Waals surface area contributed by atoms with Crippen LogP contribution in [0.4, 0.5) is 5.95 Å². The topological polar surface area (TPSA) is 125 Å². The molecule has 0 radical (unpaired) electrons. The summed E-state index contributed by atoms with van der Waals surface area (Å²) >= 11 is 0. The summed E-state index contributed by atoms with van der Waals surface area (Å²) in [7, 11) is 4.58. The molecule has 12 nitrogen and oxygen atoms in total. The number of morpholine rings is 1. The van der Waals surface area contributed by atoms with Crippen molar-refractivity contribution in [3.63, 3.8) is 0 Å². The van der Waals surface area contributed by atoms with Crippen molar-refractivity contribution < 1.29 is 23.7 Å². The first-order valence-electron chi connectivity index (χ1n) is 9.32. The van der Waals surface area contributed by atoms with Crippen molar-refractivity contribution in [2.75, 3.05) is 52.5 Å². The minimum atomic E-state index is -0.690. The van der Waals surface area contributed by atoms with Gasteiger partial charge >= 0.3 is 0 Å². The van der Waals surface area contributed by atoms with Crippen molar-refractivity contribution in [3.8, 4) is 17.2 Å². The van der Waals surface area contributed by atoms with Crippen LogP contribution in [0.2, 0.25) is 0 Å². The Morgan fingerprint density at radius 1 is 1.20 bits per heavy atom. The Labute approximate surface area is 173 Å². The average molecular weight is 419 g/mol. The van der Waals surface area contributed by atoms with Crippen LogP contribution >= 0.6 is 0 Å². The van der Waals surface area contributed by atoms with E-state index in [4.69, 9.17) is 18.9 Å². The summed E-state index contributed by atoms with van der Waals surface area (Å²) in [6, 6.07) is 2.74. The number of carbonyl (C=O) groups is 1. The van der Waals surface area contributed by atoms with E-state index in [-0.39, 0.29) is 5.91 Å². The summed E-state index contributed by atoms with van der Waals surface area (Å²) in [5, 5.41) is 16.3. The molecule has 1 aromatic carbocycles. The Hall–Kier alpha value is -3.41. The first kappa shape index (κ1) is 21.3. The van der Waals surface area contributed by atoms with Crippen molar-refractivity contribution in [2.24, 2.45) is 5.10 Å². The molecule has 3 rings (SSSR count). The minimum absolute atomic E-state index is 0.385. The van der Waals surface area contributed by atoms with E-state index >= 15 is 0 Å². The van der Waals surface area contributed by atoms with Gasteiger partial charge in [0.1, 0.15) is 0 Å². The summed E-state index contributed by atoms with van der Waals surface area (Å²) < 4.78 is 21.2. The van der Waals surface area contributed by atoms with Gasteiger partial charge in [-0.15, -0.1) is 9.90 Å². The number of anilines is 1. The van der Waals surface area contributed by atoms with Gasteiger partial charge in [-0.25, -0.2) is 5.43 Å². The molecule has 1 N–H and O–H groups in total. The normalized spacial score (nSPS) is 15.1. The molecule has 1 aromatic heterocycles. The van der Waals surface area contributed by atoms with Crippen LogP contribution in [0.15, 0.2) is 17.2 Å². The lowest BCUT2D eigenvalue weighted by Crippen LogP contribution is -2.37. The summed E-state index contributed by atoms with van der Waals surface area (Å²) in [5.74, 6) is 1.53. The predicted octanol–water partition coefficient (Wildman–Crippen LogP) is 0.247. The molecule has 0 aliphatic carbocycles. The van der Waals surface area contributed by atoms with Gasteiger partial charge < -0.3 is 23.8 Å². The number of amides is 1. The number of hydrogen-bond donors (Lipinski definition) is 1. The van der Waals surface area contributed by atoms with E-state index in [0.717, 1.165) is 0 Å². The third-order valence-corrected chi connectivity index (χ3v) is 4.51. The standard InChI is InChI=1S/C18H25N7O5/c1-12(25-22-18(21-23-25)24-5-7-30-8-6-24)17(26)20-19-11-13-9-14(27-2)16(29-4)15(10-13)28-3/h9-12H,5-8H2,1-4H3,(H,20,26)/b19-11+. The lowest BCUT2D eigenvalue weighted by atomic mass is 10.2. The van der Waals surface area contributed by atoms with E-state index in [1.54, 1.807) is 19.1 Å². The summed E-state index contributed by atoms with van der Waals surface area (Å²) in [6.45, 7) is 4.26. The Bertz CT molecular complexity index is 870. The van der Waals surface area contributed by atoms with E-state index in [1.807, 2.05) is 4.90 Å². The molecular formula is C18H25N7O5. The van der Waals surface area contributed by atoms with Gasteiger partial charge in [0.15, 0.2) is 17.5 Å². The van der Waals surface area contributed by atoms with E-state index in [1.165, 1.54) is 32.3 Å². The fraction of sp³-hybridized carbons (Fsp3) is 0.500. The van der Waals surface area contributed by atoms with Gasteiger partial charge in [0.05, 0.1) is 40.8 Å². The molecule has 1 fully saturated rings. The molecule has 1 aliphatic rings. The zero-order chi connectivity index (χ0) is 21.5. The maximum atomic E-state index is 12.4. The van der Waals surface area contributed by atoms with Crippen molar-refractivity contribution in [1.29, 1.82) is 0 Å². The number of hydrogen-bond acceptors (Lipinski definition) is 10. The first-order valence-corrected chi connectivity index (χ1v) is 9.32. The number of nitrogens with zero attached hydrogens (tertiary/aromatic N) is 6. The number of nitrogens with one attached hydrogen (secondary N) is 1. The molecule has 1 unspecified atom stereocenters. The number of benzene rings is 1. The van der Waals surface area contributed by atoms with Gasteiger partial charge in [-0.05, 0) is 24.3 Å². The maximum absolute atomic E-state index is 12.4. The number of ether oxygens (including phenoxy) is 4. The molecule has 0 saturated carbocycles. The van der Waals surface area contributed by atoms with Crippen LogP contribution in [-0.2, 0) is 9.53 Å². The van der Waals surface area contributed by atoms with Crippen molar-refractivity contribution in [2.45, 2.75) is 13.0 Å². The summed E-state index contributed by atoms with van der Waals surface area (Å²) in [4.78, 5) is 15.6. The van der Waals surface area contributed by atoms with Crippen LogP contribution in [0.5, 0.6) is 17.2 Å². The number of hydrazone groups is 1. The smallest absolute Gasteiger partial charge is 0.266 e. The maximum Gasteiger partial charge on any atom is 0.266 e. The fourth-order valence-corrected chi connectivity index (χ4v) is 2.82. The molecule has 1 atom stereocenters. The van der Waals surface area contributed by atoms with Crippen molar-refractivity contribution in [3.05, 3.63) is 17.7 Å². The molecule has 1 aliphatic heterocycles. The van der Waals surface area contributed by atoms with Crippen LogP contribution in [0.1, 0.15) is 18.5 Å².